The van der Waals surface area contributed by atoms with Gasteiger partial charge in [-0.05, 0) is 23.8 Å². The van der Waals surface area contributed by atoms with Gasteiger partial charge >= 0.3 is 6.18 Å². The Morgan fingerprint density at radius 2 is 1.83 bits per heavy atom. The van der Waals surface area contributed by atoms with Crippen LogP contribution in [0, 0.1) is 0 Å². The largest absolute Gasteiger partial charge is 0.481 e. The fraction of sp³-hybridized carbons (Fsp3) is 0.200. The zero-order valence-corrected chi connectivity index (χ0v) is 13.8. The lowest BCUT2D eigenvalue weighted by Crippen LogP contribution is -2.26. The topological polar surface area (TPSA) is 51.2 Å². The van der Waals surface area contributed by atoms with Crippen LogP contribution in [0.4, 0.5) is 13.2 Å². The summed E-state index contributed by atoms with van der Waals surface area (Å²) in [6, 6.07) is 5.27. The Hall–Kier alpha value is -1.99. The number of methoxy groups -OCH3 is 1. The third-order valence-electron chi connectivity index (χ3n) is 3.01. The van der Waals surface area contributed by atoms with E-state index in [1.54, 1.807) is 12.1 Å². The van der Waals surface area contributed by atoms with E-state index in [1.807, 2.05) is 0 Å². The molecule has 0 aliphatic carbocycles. The number of rotatable bonds is 4. The van der Waals surface area contributed by atoms with E-state index in [0.29, 0.717) is 21.7 Å². The van der Waals surface area contributed by atoms with Gasteiger partial charge in [-0.2, -0.15) is 13.2 Å². The van der Waals surface area contributed by atoms with Crippen molar-refractivity contribution in [2.75, 3.05) is 7.11 Å². The number of ether oxygens (including phenoxy) is 1. The summed E-state index contributed by atoms with van der Waals surface area (Å²) in [7, 11) is 1.19. The quantitative estimate of drug-likeness (QED) is 0.860. The van der Waals surface area contributed by atoms with Crippen molar-refractivity contribution >= 4 is 29.1 Å². The molecule has 4 nitrogen and oxygen atoms in total. The standard InChI is InChI=1S/C15H11Cl2F3N2O2/c1-24-13-5-12(15(18,19)20)11(7-21-13)14(23)22-6-8-2-9(16)4-10(17)3-8/h2-5,7H,6H2,1H3,(H,22,23). The minimum absolute atomic E-state index is 0.0392. The van der Waals surface area contributed by atoms with Crippen LogP contribution in [0.5, 0.6) is 5.88 Å². The Kier molecular flexibility index (Phi) is 5.56. The van der Waals surface area contributed by atoms with Crippen molar-refractivity contribution < 1.29 is 22.7 Å². The van der Waals surface area contributed by atoms with Crippen molar-refractivity contribution in [3.05, 3.63) is 57.2 Å². The van der Waals surface area contributed by atoms with Gasteiger partial charge in [0.1, 0.15) is 0 Å². The van der Waals surface area contributed by atoms with E-state index < -0.39 is 23.2 Å². The summed E-state index contributed by atoms with van der Waals surface area (Å²) in [5.74, 6) is -1.16. The molecule has 0 saturated heterocycles. The number of hydrogen-bond acceptors (Lipinski definition) is 3. The van der Waals surface area contributed by atoms with E-state index in [2.05, 4.69) is 15.0 Å². The maximum absolute atomic E-state index is 13.1. The second kappa shape index (κ2) is 7.27. The number of nitrogens with one attached hydrogen (secondary N) is 1. The molecule has 1 amide bonds. The summed E-state index contributed by atoms with van der Waals surface area (Å²) in [5, 5.41) is 3.09. The van der Waals surface area contributed by atoms with Crippen LogP contribution in [0.3, 0.4) is 0 Å². The van der Waals surface area contributed by atoms with Crippen LogP contribution < -0.4 is 10.1 Å². The first-order valence-corrected chi connectivity index (χ1v) is 7.30. The molecule has 2 aromatic rings. The molecule has 2 rings (SSSR count). The molecular weight excluding hydrogens is 368 g/mol. The predicted molar refractivity (Wildman–Crippen MR) is 83.4 cm³/mol. The molecule has 0 atom stereocenters. The molecule has 128 valence electrons. The number of carbonyl (C=O) groups is 1. The third-order valence-corrected chi connectivity index (χ3v) is 3.45. The van der Waals surface area contributed by atoms with E-state index in [0.717, 1.165) is 6.20 Å². The van der Waals surface area contributed by atoms with E-state index in [4.69, 9.17) is 23.2 Å². The van der Waals surface area contributed by atoms with Crippen molar-refractivity contribution in [1.82, 2.24) is 10.3 Å². The zero-order chi connectivity index (χ0) is 17.9. The van der Waals surface area contributed by atoms with Crippen LogP contribution in [0.1, 0.15) is 21.5 Å². The Morgan fingerprint density at radius 1 is 1.21 bits per heavy atom. The van der Waals surface area contributed by atoms with Gasteiger partial charge in [0.15, 0.2) is 0 Å². The molecule has 24 heavy (non-hydrogen) atoms. The van der Waals surface area contributed by atoms with Crippen molar-refractivity contribution in [1.29, 1.82) is 0 Å². The van der Waals surface area contributed by atoms with Crippen molar-refractivity contribution in [2.45, 2.75) is 12.7 Å². The monoisotopic (exact) mass is 378 g/mol. The van der Waals surface area contributed by atoms with Crippen molar-refractivity contribution in [3.8, 4) is 5.88 Å². The van der Waals surface area contributed by atoms with Crippen LogP contribution in [0.25, 0.3) is 0 Å². The molecule has 1 aromatic carbocycles. The summed E-state index contributed by atoms with van der Waals surface area (Å²) >= 11 is 11.7. The molecule has 0 saturated carbocycles. The molecule has 1 heterocycles. The second-order valence-corrected chi connectivity index (χ2v) is 5.60. The number of aromatic nitrogens is 1. The number of amides is 1. The number of halogens is 5. The van der Waals surface area contributed by atoms with Crippen LogP contribution in [-0.4, -0.2) is 18.0 Å². The molecule has 0 spiro atoms. The lowest BCUT2D eigenvalue weighted by atomic mass is 10.1. The molecule has 1 aromatic heterocycles. The molecule has 0 aliphatic heterocycles. The fourth-order valence-electron chi connectivity index (χ4n) is 1.95. The summed E-state index contributed by atoms with van der Waals surface area (Å²) in [5.41, 5.74) is -1.18. The van der Waals surface area contributed by atoms with Gasteiger partial charge in [-0.15, -0.1) is 0 Å². The molecule has 0 unspecified atom stereocenters. The number of carbonyl (C=O) groups excluding carboxylic acids is 1. The van der Waals surface area contributed by atoms with Crippen molar-refractivity contribution in [2.24, 2.45) is 0 Å². The number of alkyl halides is 3. The van der Waals surface area contributed by atoms with Gasteiger partial charge in [0.05, 0.1) is 18.2 Å². The normalized spacial score (nSPS) is 11.2. The van der Waals surface area contributed by atoms with E-state index in [-0.39, 0.29) is 12.4 Å². The highest BCUT2D eigenvalue weighted by molar-refractivity contribution is 6.34. The van der Waals surface area contributed by atoms with E-state index >= 15 is 0 Å². The molecule has 9 heteroatoms. The Labute approximate surface area is 145 Å². The van der Waals surface area contributed by atoms with Gasteiger partial charge in [0.25, 0.3) is 5.91 Å². The minimum atomic E-state index is -4.72. The lowest BCUT2D eigenvalue weighted by molar-refractivity contribution is -0.138. The van der Waals surface area contributed by atoms with Crippen LogP contribution in [0.2, 0.25) is 10.0 Å². The molecule has 0 fully saturated rings. The average molecular weight is 379 g/mol. The van der Waals surface area contributed by atoms with E-state index in [1.165, 1.54) is 13.2 Å². The second-order valence-electron chi connectivity index (χ2n) is 4.73. The highest BCUT2D eigenvalue weighted by Crippen LogP contribution is 2.33. The van der Waals surface area contributed by atoms with Crippen LogP contribution >= 0.6 is 23.2 Å². The van der Waals surface area contributed by atoms with Gasteiger partial charge in [0, 0.05) is 28.9 Å². The highest BCUT2D eigenvalue weighted by atomic mass is 35.5. The Balaban J connectivity index is 2.23. The first-order chi connectivity index (χ1) is 11.2. The zero-order valence-electron chi connectivity index (χ0n) is 12.2. The number of pyridine rings is 1. The average Bonchev–Trinajstić information content (AvgIpc) is 2.50. The summed E-state index contributed by atoms with van der Waals surface area (Å²) in [4.78, 5) is 15.7. The number of hydrogen-bond donors (Lipinski definition) is 1. The van der Waals surface area contributed by atoms with Gasteiger partial charge in [-0.3, -0.25) is 4.79 Å². The molecule has 1 N–H and O–H groups in total. The Bertz CT molecular complexity index is 747. The summed E-state index contributed by atoms with van der Waals surface area (Å²) in [6.45, 7) is -0.0392. The van der Waals surface area contributed by atoms with Gasteiger partial charge in [-0.25, -0.2) is 4.98 Å². The van der Waals surface area contributed by atoms with Gasteiger partial charge < -0.3 is 10.1 Å². The third kappa shape index (κ3) is 4.52. The van der Waals surface area contributed by atoms with E-state index in [9.17, 15) is 18.0 Å². The molecule has 0 bridgehead atoms. The molecule has 0 radical (unpaired) electrons. The number of benzene rings is 1. The molecular formula is C15H11Cl2F3N2O2. The van der Waals surface area contributed by atoms with Gasteiger partial charge in [-0.1, -0.05) is 23.2 Å². The maximum Gasteiger partial charge on any atom is 0.417 e. The predicted octanol–water partition coefficient (Wildman–Crippen LogP) is 4.35. The van der Waals surface area contributed by atoms with Gasteiger partial charge in [0.2, 0.25) is 5.88 Å². The SMILES string of the molecule is COc1cc(C(F)(F)F)c(C(=O)NCc2cc(Cl)cc(Cl)c2)cn1. The van der Waals surface area contributed by atoms with Crippen LogP contribution in [-0.2, 0) is 12.7 Å². The fourth-order valence-corrected chi connectivity index (χ4v) is 2.53. The summed E-state index contributed by atoms with van der Waals surface area (Å²) < 4.78 is 44.0. The number of nitrogens with zero attached hydrogens (tertiary/aromatic N) is 1. The minimum Gasteiger partial charge on any atom is -0.481 e. The first-order valence-electron chi connectivity index (χ1n) is 6.55. The maximum atomic E-state index is 13.1. The summed E-state index contributed by atoms with van der Waals surface area (Å²) in [6.07, 6.45) is -3.90. The highest BCUT2D eigenvalue weighted by Gasteiger charge is 2.36. The lowest BCUT2D eigenvalue weighted by Gasteiger charge is -2.13. The first kappa shape index (κ1) is 18.4. The smallest absolute Gasteiger partial charge is 0.417 e. The van der Waals surface area contributed by atoms with Crippen LogP contribution in [0.15, 0.2) is 30.5 Å². The Morgan fingerprint density at radius 3 is 2.38 bits per heavy atom. The van der Waals surface area contributed by atoms with Crippen molar-refractivity contribution in [3.63, 3.8) is 0 Å². The molecule has 0 aliphatic rings.